The molecule has 1 aromatic rings. The van der Waals surface area contributed by atoms with Gasteiger partial charge in [0.25, 0.3) is 0 Å². The smallest absolute Gasteiger partial charge is 0.339 e. The molecular formula is C37H64O4. The third kappa shape index (κ3) is 19.1. The average Bonchev–Trinajstić information content (AvgIpc) is 2.98. The van der Waals surface area contributed by atoms with Gasteiger partial charge >= 0.3 is 11.9 Å². The van der Waals surface area contributed by atoms with E-state index >= 15 is 0 Å². The standard InChI is InChI=1S/C37H64O4/c1-4-7-10-13-16-17-18-21-24-28-33-29-27-30-34(36(38)40-31-25-22-19-14-11-8-5-2)35(33)37(39)41-32-26-23-20-15-12-9-6-3/h27,29-30H,4-26,28,31-32H2,1-3H3. The minimum Gasteiger partial charge on any atom is -0.462 e. The van der Waals surface area contributed by atoms with E-state index in [0.717, 1.165) is 50.5 Å². The molecule has 0 aliphatic rings. The molecule has 1 aromatic carbocycles. The highest BCUT2D eigenvalue weighted by molar-refractivity contribution is 6.04. The van der Waals surface area contributed by atoms with Crippen molar-refractivity contribution < 1.29 is 19.1 Å². The first-order chi connectivity index (χ1) is 20.2. The zero-order valence-corrected chi connectivity index (χ0v) is 27.2. The number of aryl methyl sites for hydroxylation is 1. The number of ether oxygens (including phenoxy) is 2. The van der Waals surface area contributed by atoms with Crippen LogP contribution < -0.4 is 0 Å². The number of hydrogen-bond donors (Lipinski definition) is 0. The summed E-state index contributed by atoms with van der Waals surface area (Å²) in [6.45, 7) is 7.52. The van der Waals surface area contributed by atoms with Crippen LogP contribution in [0.2, 0.25) is 0 Å². The fraction of sp³-hybridized carbons (Fsp3) is 0.784. The predicted molar refractivity (Wildman–Crippen MR) is 174 cm³/mol. The van der Waals surface area contributed by atoms with Crippen LogP contribution >= 0.6 is 0 Å². The molecule has 0 N–H and O–H groups in total. The topological polar surface area (TPSA) is 52.6 Å². The van der Waals surface area contributed by atoms with Crippen LogP contribution in [-0.2, 0) is 15.9 Å². The van der Waals surface area contributed by atoms with Gasteiger partial charge in [0.2, 0.25) is 0 Å². The van der Waals surface area contributed by atoms with Crippen molar-refractivity contribution in [1.82, 2.24) is 0 Å². The van der Waals surface area contributed by atoms with Crippen molar-refractivity contribution in [3.63, 3.8) is 0 Å². The first kappa shape index (κ1) is 37.2. The van der Waals surface area contributed by atoms with Gasteiger partial charge in [-0.1, -0.05) is 161 Å². The molecule has 0 aliphatic heterocycles. The second kappa shape index (κ2) is 27.0. The highest BCUT2D eigenvalue weighted by Crippen LogP contribution is 2.22. The molecule has 0 saturated heterocycles. The Kier molecular flexibility index (Phi) is 24.5. The summed E-state index contributed by atoms with van der Waals surface area (Å²) < 4.78 is 11.4. The first-order valence-corrected chi connectivity index (χ1v) is 17.6. The Morgan fingerprint density at radius 2 is 0.878 bits per heavy atom. The fourth-order valence-corrected chi connectivity index (χ4v) is 5.44. The summed E-state index contributed by atoms with van der Waals surface area (Å²) in [5.74, 6) is -0.766. The summed E-state index contributed by atoms with van der Waals surface area (Å²) in [7, 11) is 0. The maximum absolute atomic E-state index is 13.3. The van der Waals surface area contributed by atoms with E-state index in [4.69, 9.17) is 9.47 Å². The van der Waals surface area contributed by atoms with E-state index in [2.05, 4.69) is 20.8 Å². The van der Waals surface area contributed by atoms with Crippen molar-refractivity contribution in [2.75, 3.05) is 13.2 Å². The van der Waals surface area contributed by atoms with Crippen LogP contribution in [0.1, 0.15) is 195 Å². The van der Waals surface area contributed by atoms with Gasteiger partial charge in [0, 0.05) is 0 Å². The number of carbonyl (C=O) groups is 2. The predicted octanol–water partition coefficient (Wildman–Crippen LogP) is 11.6. The highest BCUT2D eigenvalue weighted by Gasteiger charge is 2.23. The molecule has 0 aliphatic carbocycles. The quantitative estimate of drug-likeness (QED) is 0.0740. The number of esters is 2. The fourth-order valence-electron chi connectivity index (χ4n) is 5.44. The maximum Gasteiger partial charge on any atom is 0.339 e. The zero-order chi connectivity index (χ0) is 29.8. The molecule has 0 fully saturated rings. The number of carbonyl (C=O) groups excluding carboxylic acids is 2. The van der Waals surface area contributed by atoms with Gasteiger partial charge in [0.05, 0.1) is 24.3 Å². The molecule has 41 heavy (non-hydrogen) atoms. The summed E-state index contributed by atoms with van der Waals surface area (Å²) >= 11 is 0. The number of benzene rings is 1. The summed E-state index contributed by atoms with van der Waals surface area (Å²) in [5, 5.41) is 0. The minimum atomic E-state index is -0.396. The molecule has 4 nitrogen and oxygen atoms in total. The van der Waals surface area contributed by atoms with Crippen molar-refractivity contribution in [3.05, 3.63) is 34.9 Å². The van der Waals surface area contributed by atoms with Crippen molar-refractivity contribution >= 4 is 11.9 Å². The van der Waals surface area contributed by atoms with Crippen LogP contribution in [0.3, 0.4) is 0 Å². The Hall–Kier alpha value is -1.84. The van der Waals surface area contributed by atoms with Gasteiger partial charge in [-0.3, -0.25) is 0 Å². The van der Waals surface area contributed by atoms with Crippen LogP contribution in [-0.4, -0.2) is 25.2 Å². The lowest BCUT2D eigenvalue weighted by Crippen LogP contribution is -2.17. The van der Waals surface area contributed by atoms with Gasteiger partial charge in [-0.25, -0.2) is 9.59 Å². The van der Waals surface area contributed by atoms with Gasteiger partial charge in [-0.05, 0) is 37.3 Å². The SMILES string of the molecule is CCCCCCCCCCCc1cccc(C(=O)OCCCCCCCCC)c1C(=O)OCCCCCCCCC. The minimum absolute atomic E-state index is 0.367. The zero-order valence-electron chi connectivity index (χ0n) is 27.2. The Labute approximate surface area is 253 Å². The van der Waals surface area contributed by atoms with E-state index in [1.807, 2.05) is 12.1 Å². The molecule has 4 heteroatoms. The molecule has 0 heterocycles. The van der Waals surface area contributed by atoms with Crippen molar-refractivity contribution in [2.45, 2.75) is 175 Å². The van der Waals surface area contributed by atoms with Crippen molar-refractivity contribution in [2.24, 2.45) is 0 Å². The second-order valence-electron chi connectivity index (χ2n) is 11.9. The summed E-state index contributed by atoms with van der Waals surface area (Å²) in [4.78, 5) is 26.4. The van der Waals surface area contributed by atoms with Gasteiger partial charge in [-0.2, -0.15) is 0 Å². The lowest BCUT2D eigenvalue weighted by atomic mass is 9.96. The summed E-state index contributed by atoms with van der Waals surface area (Å²) in [6, 6.07) is 5.61. The van der Waals surface area contributed by atoms with Gasteiger partial charge < -0.3 is 9.47 Å². The Morgan fingerprint density at radius 1 is 0.488 bits per heavy atom. The molecule has 0 bridgehead atoms. The van der Waals surface area contributed by atoms with Crippen molar-refractivity contribution in [1.29, 1.82) is 0 Å². The Bertz CT molecular complexity index is 772. The summed E-state index contributed by atoms with van der Waals surface area (Å²) in [5.41, 5.74) is 1.72. The van der Waals surface area contributed by atoms with E-state index in [1.54, 1.807) is 6.07 Å². The molecule has 0 amide bonds. The van der Waals surface area contributed by atoms with Crippen LogP contribution in [0.5, 0.6) is 0 Å². The first-order valence-electron chi connectivity index (χ1n) is 17.6. The summed E-state index contributed by atoms with van der Waals surface area (Å²) in [6.07, 6.45) is 28.5. The molecule has 0 radical (unpaired) electrons. The lowest BCUT2D eigenvalue weighted by Gasteiger charge is -2.14. The maximum atomic E-state index is 13.3. The van der Waals surface area contributed by atoms with Crippen LogP contribution in [0, 0.1) is 0 Å². The lowest BCUT2D eigenvalue weighted by molar-refractivity contribution is 0.0449. The molecule has 236 valence electrons. The van der Waals surface area contributed by atoms with E-state index in [0.29, 0.717) is 24.3 Å². The van der Waals surface area contributed by atoms with Crippen molar-refractivity contribution in [3.8, 4) is 0 Å². The molecule has 1 rings (SSSR count). The molecular weight excluding hydrogens is 508 g/mol. The van der Waals surface area contributed by atoms with Gasteiger partial charge in [0.1, 0.15) is 0 Å². The molecule has 0 aromatic heterocycles. The third-order valence-corrected chi connectivity index (χ3v) is 8.09. The van der Waals surface area contributed by atoms with Gasteiger partial charge in [0.15, 0.2) is 0 Å². The van der Waals surface area contributed by atoms with E-state index in [-0.39, 0.29) is 5.97 Å². The van der Waals surface area contributed by atoms with E-state index < -0.39 is 5.97 Å². The second-order valence-corrected chi connectivity index (χ2v) is 11.9. The number of unbranched alkanes of at least 4 members (excludes halogenated alkanes) is 20. The Morgan fingerprint density at radius 3 is 1.34 bits per heavy atom. The van der Waals surface area contributed by atoms with E-state index in [1.165, 1.54) is 109 Å². The monoisotopic (exact) mass is 572 g/mol. The Balaban J connectivity index is 2.65. The van der Waals surface area contributed by atoms with Crippen LogP contribution in [0.15, 0.2) is 18.2 Å². The van der Waals surface area contributed by atoms with Crippen LogP contribution in [0.4, 0.5) is 0 Å². The largest absolute Gasteiger partial charge is 0.462 e. The molecule has 0 spiro atoms. The average molecular weight is 573 g/mol. The van der Waals surface area contributed by atoms with E-state index in [9.17, 15) is 9.59 Å². The number of rotatable bonds is 28. The highest BCUT2D eigenvalue weighted by atomic mass is 16.5. The third-order valence-electron chi connectivity index (χ3n) is 8.09. The molecule has 0 atom stereocenters. The van der Waals surface area contributed by atoms with Crippen LogP contribution in [0.25, 0.3) is 0 Å². The molecule has 0 saturated carbocycles. The number of hydrogen-bond acceptors (Lipinski definition) is 4. The normalized spacial score (nSPS) is 11.1. The molecule has 0 unspecified atom stereocenters. The van der Waals surface area contributed by atoms with Gasteiger partial charge in [-0.15, -0.1) is 0 Å².